The van der Waals surface area contributed by atoms with Crippen molar-refractivity contribution in [2.24, 2.45) is 5.92 Å². The minimum Gasteiger partial charge on any atom is -0.352 e. The third-order valence-corrected chi connectivity index (χ3v) is 3.24. The molecule has 0 aliphatic heterocycles. The van der Waals surface area contributed by atoms with Crippen LogP contribution in [0.4, 0.5) is 0 Å². The lowest BCUT2D eigenvalue weighted by atomic mass is 10.1. The SMILES string of the molecule is CC(C)NCc1ccn(CC(=O)NC(C)C(C)C)c1. The fraction of sp³-hybridized carbons (Fsp3) is 0.667. The summed E-state index contributed by atoms with van der Waals surface area (Å²) in [4.78, 5) is 11.9. The molecule has 108 valence electrons. The minimum absolute atomic E-state index is 0.0696. The van der Waals surface area contributed by atoms with Gasteiger partial charge in [-0.05, 0) is 24.5 Å². The molecule has 1 rings (SSSR count). The smallest absolute Gasteiger partial charge is 0.240 e. The quantitative estimate of drug-likeness (QED) is 0.793. The summed E-state index contributed by atoms with van der Waals surface area (Å²) in [5, 5.41) is 6.37. The molecule has 19 heavy (non-hydrogen) atoms. The first-order valence-corrected chi connectivity index (χ1v) is 7.06. The van der Waals surface area contributed by atoms with Crippen molar-refractivity contribution in [3.05, 3.63) is 24.0 Å². The molecule has 0 radical (unpaired) electrons. The first-order valence-electron chi connectivity index (χ1n) is 7.06. The lowest BCUT2D eigenvalue weighted by molar-refractivity contribution is -0.122. The van der Waals surface area contributed by atoms with E-state index in [9.17, 15) is 4.79 Å². The number of hydrogen-bond donors (Lipinski definition) is 2. The second kappa shape index (κ2) is 7.34. The molecule has 1 amide bonds. The van der Waals surface area contributed by atoms with Crippen LogP contribution in [0.15, 0.2) is 18.5 Å². The van der Waals surface area contributed by atoms with Crippen LogP contribution in [-0.2, 0) is 17.9 Å². The summed E-state index contributed by atoms with van der Waals surface area (Å²) in [6.07, 6.45) is 3.98. The average Bonchev–Trinajstić information content (AvgIpc) is 2.73. The Bertz CT molecular complexity index is 396. The highest BCUT2D eigenvalue weighted by molar-refractivity contribution is 5.76. The lowest BCUT2D eigenvalue weighted by Crippen LogP contribution is -2.37. The van der Waals surface area contributed by atoms with Crippen molar-refractivity contribution in [2.75, 3.05) is 0 Å². The van der Waals surface area contributed by atoms with Crippen molar-refractivity contribution in [3.8, 4) is 0 Å². The zero-order valence-corrected chi connectivity index (χ0v) is 12.7. The Morgan fingerprint density at radius 1 is 1.26 bits per heavy atom. The molecule has 4 nitrogen and oxygen atoms in total. The number of nitrogens with zero attached hydrogens (tertiary/aromatic N) is 1. The van der Waals surface area contributed by atoms with E-state index in [1.165, 1.54) is 5.56 Å². The van der Waals surface area contributed by atoms with Crippen LogP contribution >= 0.6 is 0 Å². The topological polar surface area (TPSA) is 46.1 Å². The van der Waals surface area contributed by atoms with Gasteiger partial charge in [0.25, 0.3) is 0 Å². The predicted octanol–water partition coefficient (Wildman–Crippen LogP) is 2.15. The highest BCUT2D eigenvalue weighted by Gasteiger charge is 2.11. The highest BCUT2D eigenvalue weighted by atomic mass is 16.2. The molecule has 0 saturated carbocycles. The van der Waals surface area contributed by atoms with E-state index in [1.54, 1.807) is 0 Å². The van der Waals surface area contributed by atoms with Crippen LogP contribution in [0.1, 0.15) is 40.2 Å². The number of amides is 1. The molecular formula is C15H27N3O. The summed E-state index contributed by atoms with van der Waals surface area (Å²) in [6, 6.07) is 2.73. The fourth-order valence-electron chi connectivity index (χ4n) is 1.65. The Kier molecular flexibility index (Phi) is 6.09. The third-order valence-electron chi connectivity index (χ3n) is 3.24. The molecule has 1 unspecified atom stereocenters. The minimum atomic E-state index is 0.0696. The van der Waals surface area contributed by atoms with E-state index < -0.39 is 0 Å². The fourth-order valence-corrected chi connectivity index (χ4v) is 1.65. The van der Waals surface area contributed by atoms with Gasteiger partial charge in [-0.2, -0.15) is 0 Å². The largest absolute Gasteiger partial charge is 0.352 e. The first kappa shape index (κ1) is 15.8. The zero-order valence-electron chi connectivity index (χ0n) is 12.7. The van der Waals surface area contributed by atoms with Crippen molar-refractivity contribution in [1.82, 2.24) is 15.2 Å². The van der Waals surface area contributed by atoms with Gasteiger partial charge in [0.2, 0.25) is 5.91 Å². The Morgan fingerprint density at radius 2 is 1.95 bits per heavy atom. The van der Waals surface area contributed by atoms with Gasteiger partial charge in [0.15, 0.2) is 0 Å². The molecule has 0 bridgehead atoms. The van der Waals surface area contributed by atoms with Crippen LogP contribution in [0.25, 0.3) is 0 Å². The van der Waals surface area contributed by atoms with Gasteiger partial charge < -0.3 is 15.2 Å². The van der Waals surface area contributed by atoms with E-state index in [2.05, 4.69) is 44.4 Å². The normalized spacial score (nSPS) is 13.0. The molecule has 0 aliphatic carbocycles. The molecule has 4 heteroatoms. The molecule has 1 aromatic heterocycles. The summed E-state index contributed by atoms with van der Waals surface area (Å²) < 4.78 is 1.93. The Balaban J connectivity index is 2.42. The first-order chi connectivity index (χ1) is 8.88. The number of carbonyl (C=O) groups excluding carboxylic acids is 1. The summed E-state index contributed by atoms with van der Waals surface area (Å²) >= 11 is 0. The van der Waals surface area contributed by atoms with Crippen molar-refractivity contribution < 1.29 is 4.79 Å². The monoisotopic (exact) mass is 265 g/mol. The third kappa shape index (κ3) is 5.92. The van der Waals surface area contributed by atoms with Gasteiger partial charge in [-0.25, -0.2) is 0 Å². The van der Waals surface area contributed by atoms with Gasteiger partial charge in [0.05, 0.1) is 0 Å². The second-order valence-corrected chi connectivity index (χ2v) is 5.83. The molecule has 2 N–H and O–H groups in total. The number of hydrogen-bond acceptors (Lipinski definition) is 2. The van der Waals surface area contributed by atoms with Gasteiger partial charge in [-0.15, -0.1) is 0 Å². The van der Waals surface area contributed by atoms with Crippen molar-refractivity contribution in [2.45, 2.75) is 59.8 Å². The van der Waals surface area contributed by atoms with Crippen LogP contribution in [0.3, 0.4) is 0 Å². The van der Waals surface area contributed by atoms with Crippen molar-refractivity contribution in [1.29, 1.82) is 0 Å². The molecule has 1 heterocycles. The number of nitrogens with one attached hydrogen (secondary N) is 2. The number of carbonyl (C=O) groups is 1. The van der Waals surface area contributed by atoms with E-state index in [1.807, 2.05) is 23.9 Å². The van der Waals surface area contributed by atoms with Crippen LogP contribution < -0.4 is 10.6 Å². The molecule has 1 aromatic rings. The predicted molar refractivity (Wildman–Crippen MR) is 78.9 cm³/mol. The Hall–Kier alpha value is -1.29. The van der Waals surface area contributed by atoms with E-state index in [0.717, 1.165) is 6.54 Å². The van der Waals surface area contributed by atoms with E-state index in [-0.39, 0.29) is 11.9 Å². The van der Waals surface area contributed by atoms with Crippen molar-refractivity contribution >= 4 is 5.91 Å². The standard InChI is InChI=1S/C15H27N3O/c1-11(2)13(5)17-15(19)10-18-7-6-14(9-18)8-16-12(3)4/h6-7,9,11-13,16H,8,10H2,1-5H3,(H,17,19). The average molecular weight is 265 g/mol. The van der Waals surface area contributed by atoms with Gasteiger partial charge in [0.1, 0.15) is 6.54 Å². The lowest BCUT2D eigenvalue weighted by Gasteiger charge is -2.17. The molecular weight excluding hydrogens is 238 g/mol. The maximum atomic E-state index is 11.9. The second-order valence-electron chi connectivity index (χ2n) is 5.83. The van der Waals surface area contributed by atoms with Gasteiger partial charge >= 0.3 is 0 Å². The van der Waals surface area contributed by atoms with E-state index in [0.29, 0.717) is 18.5 Å². The molecule has 1 atom stereocenters. The van der Waals surface area contributed by atoms with Gasteiger partial charge in [0, 0.05) is 31.0 Å². The molecule has 0 aromatic carbocycles. The Morgan fingerprint density at radius 3 is 2.53 bits per heavy atom. The van der Waals surface area contributed by atoms with Gasteiger partial charge in [-0.3, -0.25) is 4.79 Å². The Labute approximate surface area is 116 Å². The number of aromatic nitrogens is 1. The van der Waals surface area contributed by atoms with Crippen LogP contribution in [-0.4, -0.2) is 22.6 Å². The van der Waals surface area contributed by atoms with Gasteiger partial charge in [-0.1, -0.05) is 27.7 Å². The van der Waals surface area contributed by atoms with Crippen LogP contribution in [0.5, 0.6) is 0 Å². The molecule has 0 aliphatic rings. The molecule has 0 fully saturated rings. The highest BCUT2D eigenvalue weighted by Crippen LogP contribution is 2.03. The maximum Gasteiger partial charge on any atom is 0.240 e. The molecule has 0 saturated heterocycles. The summed E-state index contributed by atoms with van der Waals surface area (Å²) in [5.74, 6) is 0.527. The summed E-state index contributed by atoms with van der Waals surface area (Å²) in [7, 11) is 0. The number of rotatable bonds is 7. The van der Waals surface area contributed by atoms with Crippen LogP contribution in [0.2, 0.25) is 0 Å². The molecule has 0 spiro atoms. The van der Waals surface area contributed by atoms with Crippen molar-refractivity contribution in [3.63, 3.8) is 0 Å². The van der Waals surface area contributed by atoms with E-state index >= 15 is 0 Å². The summed E-state index contributed by atoms with van der Waals surface area (Å²) in [5.41, 5.74) is 1.21. The summed E-state index contributed by atoms with van der Waals surface area (Å²) in [6.45, 7) is 11.7. The maximum absolute atomic E-state index is 11.9. The van der Waals surface area contributed by atoms with Crippen LogP contribution in [0, 0.1) is 5.92 Å². The zero-order chi connectivity index (χ0) is 14.4. The van der Waals surface area contributed by atoms with E-state index in [4.69, 9.17) is 0 Å².